The van der Waals surface area contributed by atoms with E-state index in [9.17, 15) is 0 Å². The first-order valence-electron chi connectivity index (χ1n) is 8.95. The third kappa shape index (κ3) is 16.1. The molecular formula is C18H37O3. The highest BCUT2D eigenvalue weighted by Crippen LogP contribution is 2.10. The molecule has 0 amide bonds. The van der Waals surface area contributed by atoms with E-state index in [1.54, 1.807) is 0 Å². The molecule has 0 aromatic rings. The van der Waals surface area contributed by atoms with E-state index in [2.05, 4.69) is 13.8 Å². The van der Waals surface area contributed by atoms with Gasteiger partial charge in [0.15, 0.2) is 6.29 Å². The van der Waals surface area contributed by atoms with Crippen LogP contribution in [0.2, 0.25) is 0 Å². The van der Waals surface area contributed by atoms with Crippen molar-refractivity contribution in [1.29, 1.82) is 0 Å². The monoisotopic (exact) mass is 301 g/mol. The van der Waals surface area contributed by atoms with E-state index in [0.717, 1.165) is 13.0 Å². The fourth-order valence-corrected chi connectivity index (χ4v) is 2.31. The lowest BCUT2D eigenvalue weighted by Gasteiger charge is -2.17. The Labute approximate surface area is 132 Å². The molecule has 0 aliphatic rings. The Morgan fingerprint density at radius 3 is 1.86 bits per heavy atom. The molecule has 0 fully saturated rings. The van der Waals surface area contributed by atoms with Crippen LogP contribution in [0.4, 0.5) is 0 Å². The molecule has 0 bridgehead atoms. The second-order valence-corrected chi connectivity index (χ2v) is 5.51. The smallest absolute Gasteiger partial charge is 0.180 e. The molecular weight excluding hydrogens is 264 g/mol. The van der Waals surface area contributed by atoms with Crippen LogP contribution in [0.15, 0.2) is 0 Å². The zero-order chi connectivity index (χ0) is 15.6. The van der Waals surface area contributed by atoms with E-state index in [4.69, 9.17) is 14.2 Å². The van der Waals surface area contributed by atoms with Gasteiger partial charge in [-0.2, -0.15) is 0 Å². The molecule has 1 atom stereocenters. The van der Waals surface area contributed by atoms with Crippen molar-refractivity contribution in [2.75, 3.05) is 26.4 Å². The van der Waals surface area contributed by atoms with Crippen molar-refractivity contribution < 1.29 is 14.2 Å². The lowest BCUT2D eigenvalue weighted by atomic mass is 10.1. The Bertz CT molecular complexity index is 185. The number of hydrogen-bond donors (Lipinski definition) is 0. The van der Waals surface area contributed by atoms with Crippen LogP contribution in [0.25, 0.3) is 0 Å². The van der Waals surface area contributed by atoms with Crippen LogP contribution in [0, 0.1) is 6.92 Å². The first-order valence-corrected chi connectivity index (χ1v) is 8.95. The number of rotatable bonds is 17. The third-order valence-electron chi connectivity index (χ3n) is 3.55. The summed E-state index contributed by atoms with van der Waals surface area (Å²) in [7, 11) is 0. The summed E-state index contributed by atoms with van der Waals surface area (Å²) in [6.07, 6.45) is 13.2. The van der Waals surface area contributed by atoms with Gasteiger partial charge in [0, 0.05) is 19.8 Å². The number of hydrogen-bond acceptors (Lipinski definition) is 3. The Morgan fingerprint density at radius 1 is 0.762 bits per heavy atom. The zero-order valence-electron chi connectivity index (χ0n) is 14.4. The predicted octanol–water partition coefficient (Wildman–Crippen LogP) is 5.14. The van der Waals surface area contributed by atoms with Gasteiger partial charge >= 0.3 is 0 Å². The minimum atomic E-state index is -0.227. The Hall–Kier alpha value is -0.120. The first-order chi connectivity index (χ1) is 10.3. The predicted molar refractivity (Wildman–Crippen MR) is 89.4 cm³/mol. The second kappa shape index (κ2) is 17.9. The van der Waals surface area contributed by atoms with Gasteiger partial charge in [-0.1, -0.05) is 64.7 Å². The van der Waals surface area contributed by atoms with Crippen molar-refractivity contribution in [2.45, 2.75) is 84.3 Å². The zero-order valence-corrected chi connectivity index (χ0v) is 14.4. The lowest BCUT2D eigenvalue weighted by molar-refractivity contribution is -0.168. The summed E-state index contributed by atoms with van der Waals surface area (Å²) < 4.78 is 16.4. The average molecular weight is 301 g/mol. The molecule has 0 N–H and O–H groups in total. The summed E-state index contributed by atoms with van der Waals surface area (Å²) in [4.78, 5) is 0. The van der Waals surface area contributed by atoms with Gasteiger partial charge in [0.1, 0.15) is 0 Å². The average Bonchev–Trinajstić information content (AvgIpc) is 2.50. The van der Waals surface area contributed by atoms with E-state index in [1.807, 2.05) is 6.92 Å². The summed E-state index contributed by atoms with van der Waals surface area (Å²) in [5.74, 6) is 0. The topological polar surface area (TPSA) is 27.7 Å². The number of unbranched alkanes of at least 4 members (excludes halogenated alkanes) is 9. The fraction of sp³-hybridized carbons (Fsp3) is 0.944. The molecule has 1 unspecified atom stereocenters. The van der Waals surface area contributed by atoms with E-state index in [0.29, 0.717) is 19.8 Å². The molecule has 127 valence electrons. The maximum atomic E-state index is 5.68. The summed E-state index contributed by atoms with van der Waals surface area (Å²) in [5.41, 5.74) is 0. The fourth-order valence-electron chi connectivity index (χ4n) is 2.31. The SMILES string of the molecule is [CH2]COCC(OCC)OCCCCCCCCCCCC. The van der Waals surface area contributed by atoms with Gasteiger partial charge in [-0.15, -0.1) is 0 Å². The van der Waals surface area contributed by atoms with Gasteiger partial charge in [-0.05, 0) is 20.3 Å². The van der Waals surface area contributed by atoms with Crippen LogP contribution in [0.3, 0.4) is 0 Å². The van der Waals surface area contributed by atoms with Crippen molar-refractivity contribution in [2.24, 2.45) is 0 Å². The van der Waals surface area contributed by atoms with E-state index < -0.39 is 0 Å². The first kappa shape index (κ1) is 20.9. The second-order valence-electron chi connectivity index (χ2n) is 5.51. The molecule has 0 spiro atoms. The lowest BCUT2D eigenvalue weighted by Crippen LogP contribution is -2.24. The van der Waals surface area contributed by atoms with Crippen LogP contribution < -0.4 is 0 Å². The van der Waals surface area contributed by atoms with Crippen molar-refractivity contribution in [3.05, 3.63) is 6.92 Å². The third-order valence-corrected chi connectivity index (χ3v) is 3.55. The maximum absolute atomic E-state index is 5.68. The summed E-state index contributed by atoms with van der Waals surface area (Å²) in [5, 5.41) is 0. The summed E-state index contributed by atoms with van der Waals surface area (Å²) >= 11 is 0. The van der Waals surface area contributed by atoms with Gasteiger partial charge in [0.25, 0.3) is 0 Å². The highest BCUT2D eigenvalue weighted by molar-refractivity contribution is 4.49. The van der Waals surface area contributed by atoms with Crippen LogP contribution in [0.1, 0.15) is 78.1 Å². The molecule has 1 radical (unpaired) electrons. The Balaban J connectivity index is 3.25. The van der Waals surface area contributed by atoms with E-state index in [-0.39, 0.29) is 6.29 Å². The minimum absolute atomic E-state index is 0.227. The molecule has 0 heterocycles. The highest BCUT2D eigenvalue weighted by atomic mass is 16.7. The van der Waals surface area contributed by atoms with Crippen LogP contribution >= 0.6 is 0 Å². The van der Waals surface area contributed by atoms with Gasteiger partial charge < -0.3 is 14.2 Å². The minimum Gasteiger partial charge on any atom is -0.376 e. The summed E-state index contributed by atoms with van der Waals surface area (Å²) in [6, 6.07) is 0. The van der Waals surface area contributed by atoms with E-state index >= 15 is 0 Å². The van der Waals surface area contributed by atoms with Gasteiger partial charge in [0.2, 0.25) is 0 Å². The molecule has 21 heavy (non-hydrogen) atoms. The molecule has 3 nitrogen and oxygen atoms in total. The molecule has 0 saturated heterocycles. The molecule has 0 aliphatic carbocycles. The Morgan fingerprint density at radius 2 is 1.33 bits per heavy atom. The standard InChI is InChI=1S/C18H37O3/c1-4-7-8-9-10-11-12-13-14-15-16-21-18(20-6-3)17-19-5-2/h18H,2,4-17H2,1,3H3. The largest absolute Gasteiger partial charge is 0.376 e. The number of ether oxygens (including phenoxy) is 3. The molecule has 0 aliphatic heterocycles. The maximum Gasteiger partial charge on any atom is 0.180 e. The highest BCUT2D eigenvalue weighted by Gasteiger charge is 2.07. The molecule has 0 rings (SSSR count). The van der Waals surface area contributed by atoms with Crippen molar-refractivity contribution in [3.8, 4) is 0 Å². The normalized spacial score (nSPS) is 12.7. The molecule has 3 heteroatoms. The quantitative estimate of drug-likeness (QED) is 0.275. The van der Waals surface area contributed by atoms with Gasteiger partial charge in [-0.3, -0.25) is 0 Å². The van der Waals surface area contributed by atoms with Crippen molar-refractivity contribution in [3.63, 3.8) is 0 Å². The van der Waals surface area contributed by atoms with Crippen LogP contribution in [0.5, 0.6) is 0 Å². The Kier molecular flexibility index (Phi) is 17.8. The van der Waals surface area contributed by atoms with Crippen LogP contribution in [-0.4, -0.2) is 32.7 Å². The van der Waals surface area contributed by atoms with Crippen molar-refractivity contribution >= 4 is 0 Å². The molecule has 0 aromatic carbocycles. The van der Waals surface area contributed by atoms with Gasteiger partial charge in [0.05, 0.1) is 6.61 Å². The summed E-state index contributed by atoms with van der Waals surface area (Å²) in [6.45, 7) is 10.3. The van der Waals surface area contributed by atoms with Crippen LogP contribution in [-0.2, 0) is 14.2 Å². The van der Waals surface area contributed by atoms with Gasteiger partial charge in [-0.25, -0.2) is 0 Å². The van der Waals surface area contributed by atoms with Crippen molar-refractivity contribution in [1.82, 2.24) is 0 Å². The molecule has 0 aromatic heterocycles. The molecule has 0 saturated carbocycles. The van der Waals surface area contributed by atoms with E-state index in [1.165, 1.54) is 57.8 Å².